The van der Waals surface area contributed by atoms with Crippen molar-refractivity contribution in [2.75, 3.05) is 0 Å². The molecule has 0 fully saturated rings. The van der Waals surface area contributed by atoms with Gasteiger partial charge >= 0.3 is 80.8 Å². The van der Waals surface area contributed by atoms with Crippen molar-refractivity contribution >= 4 is 80.8 Å². The molecule has 5 nitrogen and oxygen atoms in total. The topological polar surface area (TPSA) is 94.8 Å². The summed E-state index contributed by atoms with van der Waals surface area (Å²) >= 11 is 0. The predicted molar refractivity (Wildman–Crippen MR) is 33.0 cm³/mol. The summed E-state index contributed by atoms with van der Waals surface area (Å²) in [5, 5.41) is 24.1. The van der Waals surface area contributed by atoms with Crippen molar-refractivity contribution in [3.05, 3.63) is 0 Å². The van der Waals surface area contributed by atoms with Gasteiger partial charge in [0.1, 0.15) is 0 Å². The van der Waals surface area contributed by atoms with Crippen LogP contribution in [0.3, 0.4) is 0 Å². The second-order valence-electron chi connectivity index (χ2n) is 1.45. The van der Waals surface area contributed by atoms with E-state index >= 15 is 0 Å². The number of carboxylic acids is 2. The quantitative estimate of drug-likeness (QED) is 0.564. The van der Waals surface area contributed by atoms with Crippen LogP contribution in [0.5, 0.6) is 0 Å². The van der Waals surface area contributed by atoms with Crippen molar-refractivity contribution in [2.24, 2.45) is 0 Å². The number of hydrogen-bond donors (Lipinski definition) is 3. The first kappa shape index (κ1) is 13.5. The number of rotatable bonds is 3. The van der Waals surface area contributed by atoms with Crippen LogP contribution < -0.4 is 0 Å². The number of aliphatic hydroxyl groups is 1. The molecule has 0 rings (SSSR count). The minimum atomic E-state index is -1.79. The van der Waals surface area contributed by atoms with E-state index in [1.807, 2.05) is 0 Å². The molecule has 0 aliphatic rings. The average molecular weight is 268 g/mol. The molecule has 0 aliphatic heterocycles. The van der Waals surface area contributed by atoms with Gasteiger partial charge in [-0.15, -0.1) is 0 Å². The fraction of sp³-hybridized carbons (Fsp3) is 0.500. The van der Waals surface area contributed by atoms with E-state index in [1.54, 1.807) is 0 Å². The summed E-state index contributed by atoms with van der Waals surface area (Å²) in [5.74, 6) is -2.85. The Labute approximate surface area is 116 Å². The van der Waals surface area contributed by atoms with Crippen molar-refractivity contribution in [1.29, 1.82) is 0 Å². The Morgan fingerprint density at radius 3 is 1.80 bits per heavy atom. The molecular formula is C4H7CsO5. The Balaban J connectivity index is 0. The van der Waals surface area contributed by atoms with Gasteiger partial charge in [0.2, 0.25) is 0 Å². The van der Waals surface area contributed by atoms with Gasteiger partial charge in [0.25, 0.3) is 0 Å². The molecule has 1 atom stereocenters. The van der Waals surface area contributed by atoms with Gasteiger partial charge in [0.05, 0.1) is 6.42 Å². The summed E-state index contributed by atoms with van der Waals surface area (Å²) in [7, 11) is 0. The molecule has 0 radical (unpaired) electrons. The molecule has 0 saturated heterocycles. The monoisotopic (exact) mass is 268 g/mol. The maximum absolute atomic E-state index is 9.72. The Bertz CT molecular complexity index is 134. The van der Waals surface area contributed by atoms with E-state index in [2.05, 4.69) is 0 Å². The predicted octanol–water partition coefficient (Wildman–Crippen LogP) is -1.74. The van der Waals surface area contributed by atoms with E-state index in [9.17, 15) is 9.59 Å². The van der Waals surface area contributed by atoms with Crippen LogP contribution in [0.15, 0.2) is 0 Å². The zero-order valence-electron chi connectivity index (χ0n) is 4.44. The molecule has 10 heavy (non-hydrogen) atoms. The van der Waals surface area contributed by atoms with Crippen LogP contribution in [-0.4, -0.2) is 102 Å². The summed E-state index contributed by atoms with van der Waals surface area (Å²) in [5.41, 5.74) is 0. The summed E-state index contributed by atoms with van der Waals surface area (Å²) < 4.78 is 0. The van der Waals surface area contributed by atoms with E-state index in [0.717, 1.165) is 0 Å². The number of aliphatic carboxylic acids is 2. The third-order valence-electron chi connectivity index (χ3n) is 0.653. The first-order valence-electron chi connectivity index (χ1n) is 2.16. The average Bonchev–Trinajstić information content (AvgIpc) is 1.63. The van der Waals surface area contributed by atoms with Crippen molar-refractivity contribution in [2.45, 2.75) is 12.5 Å². The molecule has 0 aromatic carbocycles. The molecule has 0 heterocycles. The first-order valence-corrected chi connectivity index (χ1v) is 2.16. The van der Waals surface area contributed by atoms with E-state index in [-0.39, 0.29) is 68.9 Å². The molecule has 1 unspecified atom stereocenters. The molecule has 3 N–H and O–H groups in total. The van der Waals surface area contributed by atoms with Gasteiger partial charge in [-0.25, -0.2) is 4.79 Å². The van der Waals surface area contributed by atoms with Crippen LogP contribution in [0.1, 0.15) is 6.42 Å². The Morgan fingerprint density at radius 1 is 1.30 bits per heavy atom. The number of carboxylic acid groups (broad SMARTS) is 2. The fourth-order valence-corrected chi connectivity index (χ4v) is 0.253. The normalized spacial score (nSPS) is 11.3. The number of hydrogen-bond acceptors (Lipinski definition) is 3. The Hall–Kier alpha value is 0.952. The molecule has 0 aliphatic carbocycles. The van der Waals surface area contributed by atoms with Crippen LogP contribution >= 0.6 is 0 Å². The van der Waals surface area contributed by atoms with Gasteiger partial charge in [0.15, 0.2) is 6.10 Å². The van der Waals surface area contributed by atoms with Crippen LogP contribution in [0.4, 0.5) is 0 Å². The van der Waals surface area contributed by atoms with E-state index in [1.165, 1.54) is 0 Å². The van der Waals surface area contributed by atoms with Crippen molar-refractivity contribution in [3.63, 3.8) is 0 Å². The van der Waals surface area contributed by atoms with Crippen molar-refractivity contribution < 1.29 is 24.9 Å². The van der Waals surface area contributed by atoms with E-state index < -0.39 is 24.5 Å². The molecule has 0 bridgehead atoms. The van der Waals surface area contributed by atoms with Crippen LogP contribution in [0, 0.1) is 0 Å². The zero-order chi connectivity index (χ0) is 7.44. The zero-order valence-corrected chi connectivity index (χ0v) is 4.44. The van der Waals surface area contributed by atoms with Gasteiger partial charge in [-0.2, -0.15) is 0 Å². The molecule has 0 spiro atoms. The van der Waals surface area contributed by atoms with Crippen LogP contribution in [0.25, 0.3) is 0 Å². The second kappa shape index (κ2) is 6.65. The third-order valence-corrected chi connectivity index (χ3v) is 0.653. The van der Waals surface area contributed by atoms with Gasteiger partial charge in [-0.05, 0) is 0 Å². The summed E-state index contributed by atoms with van der Waals surface area (Å²) in [4.78, 5) is 19.4. The SMILES string of the molecule is O=C(O)CC(O)C(=O)O.[CsH]. The molecule has 0 aromatic rings. The second-order valence-corrected chi connectivity index (χ2v) is 1.45. The summed E-state index contributed by atoms with van der Waals surface area (Å²) in [6, 6.07) is 0. The third kappa shape index (κ3) is 7.06. The van der Waals surface area contributed by atoms with Gasteiger partial charge in [-0.3, -0.25) is 4.79 Å². The van der Waals surface area contributed by atoms with Crippen molar-refractivity contribution in [1.82, 2.24) is 0 Å². The fourth-order valence-electron chi connectivity index (χ4n) is 0.253. The van der Waals surface area contributed by atoms with Gasteiger partial charge in [0, 0.05) is 0 Å². The van der Waals surface area contributed by atoms with Gasteiger partial charge < -0.3 is 15.3 Å². The van der Waals surface area contributed by atoms with E-state index in [0.29, 0.717) is 0 Å². The Kier molecular flexibility index (Phi) is 9.00. The number of carbonyl (C=O) groups is 2. The molecule has 54 valence electrons. The van der Waals surface area contributed by atoms with Gasteiger partial charge in [-0.1, -0.05) is 0 Å². The minimum absolute atomic E-state index is 0. The Morgan fingerprint density at radius 2 is 1.70 bits per heavy atom. The van der Waals surface area contributed by atoms with Crippen molar-refractivity contribution in [3.8, 4) is 0 Å². The maximum atomic E-state index is 9.72. The molecule has 6 heteroatoms. The molecular weight excluding hydrogens is 261 g/mol. The first-order chi connectivity index (χ1) is 4.04. The molecule has 0 saturated carbocycles. The van der Waals surface area contributed by atoms with E-state index in [4.69, 9.17) is 15.3 Å². The summed E-state index contributed by atoms with van der Waals surface area (Å²) in [6.45, 7) is 0. The molecule has 0 aromatic heterocycles. The van der Waals surface area contributed by atoms with Crippen LogP contribution in [-0.2, 0) is 9.59 Å². The standard InChI is InChI=1S/C4H6O5.Cs.H/c5-2(4(8)9)1-3(6)7;;/h2,5H,1H2,(H,6,7)(H,8,9);;. The van der Waals surface area contributed by atoms with Crippen LogP contribution in [0.2, 0.25) is 0 Å². The number of aliphatic hydroxyl groups excluding tert-OH is 1. The molecule has 0 amide bonds. The summed E-state index contributed by atoms with van der Waals surface area (Å²) in [6.07, 6.45) is -2.54.